The normalized spacial score (nSPS) is 14.7. The number of hydrogen-bond donors (Lipinski definition) is 0. The minimum absolute atomic E-state index is 0.196. The van der Waals surface area contributed by atoms with Gasteiger partial charge in [-0.05, 0) is 23.5 Å². The van der Waals surface area contributed by atoms with Crippen molar-refractivity contribution in [1.82, 2.24) is 0 Å². The smallest absolute Gasteiger partial charge is 0.0716 e. The van der Waals surface area contributed by atoms with Gasteiger partial charge in [0.1, 0.15) is 0 Å². The lowest BCUT2D eigenvalue weighted by Gasteiger charge is -2.17. The molecule has 0 aliphatic rings. The van der Waals surface area contributed by atoms with Gasteiger partial charge in [0.15, 0.2) is 0 Å². The van der Waals surface area contributed by atoms with Crippen molar-refractivity contribution in [2.75, 3.05) is 0 Å². The molecule has 0 aliphatic heterocycles. The van der Waals surface area contributed by atoms with Gasteiger partial charge in [-0.1, -0.05) is 67.6 Å². The summed E-state index contributed by atoms with van der Waals surface area (Å²) in [6.45, 7) is 2.21. The van der Waals surface area contributed by atoms with E-state index in [1.54, 1.807) is 0 Å². The molecule has 3 atom stereocenters. The summed E-state index contributed by atoms with van der Waals surface area (Å²) in [5.74, 6) is 0.442. The SMILES string of the molecule is CC(CC([PH2]=O)c1ccccc1)c1ccccc1. The van der Waals surface area contributed by atoms with Crippen LogP contribution < -0.4 is 0 Å². The van der Waals surface area contributed by atoms with Crippen molar-refractivity contribution in [2.24, 2.45) is 0 Å². The zero-order valence-electron chi connectivity index (χ0n) is 10.6. The van der Waals surface area contributed by atoms with Crippen LogP contribution in [0.3, 0.4) is 0 Å². The van der Waals surface area contributed by atoms with Crippen molar-refractivity contribution in [3.05, 3.63) is 71.8 Å². The summed E-state index contributed by atoms with van der Waals surface area (Å²) >= 11 is 0. The van der Waals surface area contributed by atoms with Crippen molar-refractivity contribution in [1.29, 1.82) is 0 Å². The van der Waals surface area contributed by atoms with E-state index in [0.29, 0.717) is 5.92 Å². The second-order valence-electron chi connectivity index (χ2n) is 4.70. The molecule has 0 radical (unpaired) electrons. The Morgan fingerprint density at radius 2 is 1.39 bits per heavy atom. The molecule has 0 N–H and O–H groups in total. The van der Waals surface area contributed by atoms with Crippen LogP contribution in [0.1, 0.15) is 36.0 Å². The lowest BCUT2D eigenvalue weighted by Crippen LogP contribution is -1.99. The first-order valence-electron chi connectivity index (χ1n) is 6.36. The molecule has 3 unspecified atom stereocenters. The number of rotatable bonds is 5. The third kappa shape index (κ3) is 3.34. The third-order valence-electron chi connectivity index (χ3n) is 3.37. The van der Waals surface area contributed by atoms with E-state index in [2.05, 4.69) is 43.3 Å². The first-order chi connectivity index (χ1) is 8.81. The lowest BCUT2D eigenvalue weighted by molar-refractivity contribution is 0.578. The fourth-order valence-electron chi connectivity index (χ4n) is 2.27. The summed E-state index contributed by atoms with van der Waals surface area (Å²) in [5, 5.41) is 0. The second-order valence-corrected chi connectivity index (χ2v) is 5.78. The van der Waals surface area contributed by atoms with Crippen molar-refractivity contribution >= 4 is 8.46 Å². The summed E-state index contributed by atoms with van der Waals surface area (Å²) < 4.78 is 11.5. The van der Waals surface area contributed by atoms with E-state index in [4.69, 9.17) is 0 Å². The molecule has 0 bridgehead atoms. The Bertz CT molecular complexity index is 481. The minimum Gasteiger partial charge on any atom is -0.329 e. The lowest BCUT2D eigenvalue weighted by atomic mass is 9.94. The van der Waals surface area contributed by atoms with Crippen LogP contribution in [0.2, 0.25) is 0 Å². The highest BCUT2D eigenvalue weighted by Crippen LogP contribution is 2.36. The van der Waals surface area contributed by atoms with Crippen LogP contribution in [0, 0.1) is 0 Å². The van der Waals surface area contributed by atoms with Gasteiger partial charge in [-0.25, -0.2) is 0 Å². The highest BCUT2D eigenvalue weighted by molar-refractivity contribution is 7.24. The maximum atomic E-state index is 11.5. The molecule has 0 heterocycles. The Morgan fingerprint density at radius 1 is 0.889 bits per heavy atom. The Balaban J connectivity index is 2.10. The van der Waals surface area contributed by atoms with E-state index in [9.17, 15) is 4.57 Å². The monoisotopic (exact) mass is 258 g/mol. The van der Waals surface area contributed by atoms with Gasteiger partial charge in [0.25, 0.3) is 0 Å². The molecule has 0 aromatic heterocycles. The molecule has 0 fully saturated rings. The average molecular weight is 258 g/mol. The van der Waals surface area contributed by atoms with E-state index >= 15 is 0 Å². The first-order valence-corrected chi connectivity index (χ1v) is 7.50. The van der Waals surface area contributed by atoms with Crippen LogP contribution >= 0.6 is 8.46 Å². The molecule has 0 aliphatic carbocycles. The van der Waals surface area contributed by atoms with E-state index in [1.807, 2.05) is 24.3 Å². The van der Waals surface area contributed by atoms with Crippen molar-refractivity contribution in [3.63, 3.8) is 0 Å². The van der Waals surface area contributed by atoms with Crippen LogP contribution in [0.4, 0.5) is 0 Å². The van der Waals surface area contributed by atoms with Crippen LogP contribution in [0.25, 0.3) is 0 Å². The molecule has 0 saturated carbocycles. The quantitative estimate of drug-likeness (QED) is 0.712. The maximum Gasteiger partial charge on any atom is 0.0716 e. The molecule has 2 heteroatoms. The molecular formula is C16H19OP. The summed E-state index contributed by atoms with van der Waals surface area (Å²) in [4.78, 5) is 0. The molecule has 2 aromatic carbocycles. The Labute approximate surface area is 110 Å². The predicted molar refractivity (Wildman–Crippen MR) is 79.1 cm³/mol. The standard InChI is InChI=1S/C16H19OP/c1-13(14-8-4-2-5-9-14)12-16(18-17)15-10-6-3-7-11-15/h2-11,13,16H,12,18H2,1H3. The summed E-state index contributed by atoms with van der Waals surface area (Å²) in [6, 6.07) is 20.6. The van der Waals surface area contributed by atoms with Gasteiger partial charge < -0.3 is 4.57 Å². The molecule has 0 saturated heterocycles. The van der Waals surface area contributed by atoms with Gasteiger partial charge in [-0.2, -0.15) is 0 Å². The third-order valence-corrected chi connectivity index (χ3v) is 4.35. The number of hydrogen-bond acceptors (Lipinski definition) is 1. The molecular weight excluding hydrogens is 239 g/mol. The summed E-state index contributed by atoms with van der Waals surface area (Å²) in [5.41, 5.74) is 2.72. The van der Waals surface area contributed by atoms with Crippen LogP contribution in [-0.4, -0.2) is 0 Å². The van der Waals surface area contributed by atoms with Crippen LogP contribution in [0.5, 0.6) is 0 Å². The first kappa shape index (κ1) is 13.1. The van der Waals surface area contributed by atoms with Gasteiger partial charge in [0, 0.05) is 5.66 Å². The molecule has 2 aromatic rings. The molecule has 2 rings (SSSR count). The fourth-order valence-corrected chi connectivity index (χ4v) is 3.17. The molecule has 0 amide bonds. The Morgan fingerprint density at radius 3 is 1.89 bits per heavy atom. The van der Waals surface area contributed by atoms with E-state index in [1.165, 1.54) is 11.1 Å². The van der Waals surface area contributed by atoms with Gasteiger partial charge in [0.2, 0.25) is 0 Å². The van der Waals surface area contributed by atoms with E-state index in [-0.39, 0.29) is 5.66 Å². The van der Waals surface area contributed by atoms with Crippen molar-refractivity contribution in [2.45, 2.75) is 24.9 Å². The largest absolute Gasteiger partial charge is 0.329 e. The summed E-state index contributed by atoms with van der Waals surface area (Å²) in [7, 11) is -0.777. The molecule has 0 spiro atoms. The highest BCUT2D eigenvalue weighted by Gasteiger charge is 2.14. The maximum absolute atomic E-state index is 11.5. The molecule has 94 valence electrons. The van der Waals surface area contributed by atoms with Crippen LogP contribution in [0.15, 0.2) is 60.7 Å². The van der Waals surface area contributed by atoms with Gasteiger partial charge in [0.05, 0.1) is 8.46 Å². The average Bonchev–Trinajstić information content (AvgIpc) is 2.46. The van der Waals surface area contributed by atoms with Gasteiger partial charge >= 0.3 is 0 Å². The second kappa shape index (κ2) is 6.56. The fraction of sp³-hybridized carbons (Fsp3) is 0.250. The van der Waals surface area contributed by atoms with E-state index < -0.39 is 8.46 Å². The summed E-state index contributed by atoms with van der Waals surface area (Å²) in [6.07, 6.45) is 0.951. The zero-order valence-corrected chi connectivity index (χ0v) is 11.8. The van der Waals surface area contributed by atoms with Crippen molar-refractivity contribution in [3.8, 4) is 0 Å². The Hall–Kier alpha value is -1.33. The Kier molecular flexibility index (Phi) is 4.78. The zero-order chi connectivity index (χ0) is 12.8. The van der Waals surface area contributed by atoms with Crippen LogP contribution in [-0.2, 0) is 4.57 Å². The molecule has 18 heavy (non-hydrogen) atoms. The van der Waals surface area contributed by atoms with Crippen molar-refractivity contribution < 1.29 is 4.57 Å². The minimum atomic E-state index is -0.777. The topological polar surface area (TPSA) is 17.1 Å². The number of benzene rings is 2. The van der Waals surface area contributed by atoms with E-state index in [0.717, 1.165) is 6.42 Å². The molecule has 1 nitrogen and oxygen atoms in total. The predicted octanol–water partition coefficient (Wildman–Crippen LogP) is 4.68. The van der Waals surface area contributed by atoms with Gasteiger partial charge in [-0.3, -0.25) is 0 Å². The van der Waals surface area contributed by atoms with Gasteiger partial charge in [-0.15, -0.1) is 0 Å². The highest BCUT2D eigenvalue weighted by atomic mass is 31.1.